The molecule has 0 saturated carbocycles. The predicted molar refractivity (Wildman–Crippen MR) is 53.5 cm³/mol. The van der Waals surface area contributed by atoms with Crippen LogP contribution in [0.4, 0.5) is 0 Å². The molecule has 0 atom stereocenters. The van der Waals surface area contributed by atoms with Gasteiger partial charge in [-0.25, -0.2) is 8.42 Å². The van der Waals surface area contributed by atoms with Crippen molar-refractivity contribution in [1.29, 1.82) is 0 Å². The lowest BCUT2D eigenvalue weighted by atomic mass is 10.1. The standard InChI is InChI=1S/C6H14N2O2S2/c1-6(2,3)7-5(11)8-12(4,9)10/h1-4H3,(H2,7,8,11). The number of rotatable bonds is 1. The van der Waals surface area contributed by atoms with E-state index in [0.717, 1.165) is 6.26 Å². The number of hydrogen-bond acceptors (Lipinski definition) is 3. The summed E-state index contributed by atoms with van der Waals surface area (Å²) < 4.78 is 23.5. The summed E-state index contributed by atoms with van der Waals surface area (Å²) in [6, 6.07) is 0. The zero-order valence-corrected chi connectivity index (χ0v) is 9.27. The van der Waals surface area contributed by atoms with Gasteiger partial charge in [0.05, 0.1) is 6.26 Å². The van der Waals surface area contributed by atoms with Gasteiger partial charge in [0.25, 0.3) is 0 Å². The first-order valence-electron chi connectivity index (χ1n) is 3.40. The third-order valence-electron chi connectivity index (χ3n) is 0.767. The molecule has 0 aliphatic heterocycles. The summed E-state index contributed by atoms with van der Waals surface area (Å²) in [6.07, 6.45) is 1.06. The van der Waals surface area contributed by atoms with Crippen LogP contribution in [0.3, 0.4) is 0 Å². The normalized spacial score (nSPS) is 12.3. The molecule has 0 aromatic carbocycles. The van der Waals surface area contributed by atoms with Crippen LogP contribution < -0.4 is 10.0 Å². The molecule has 0 rings (SSSR count). The van der Waals surface area contributed by atoms with E-state index in [4.69, 9.17) is 12.2 Å². The first-order valence-corrected chi connectivity index (χ1v) is 5.70. The van der Waals surface area contributed by atoms with Crippen molar-refractivity contribution < 1.29 is 8.42 Å². The van der Waals surface area contributed by atoms with Gasteiger partial charge in [0.2, 0.25) is 10.0 Å². The zero-order chi connectivity index (χ0) is 9.99. The monoisotopic (exact) mass is 210 g/mol. The molecule has 0 amide bonds. The quantitative estimate of drug-likeness (QED) is 0.607. The third kappa shape index (κ3) is 7.74. The van der Waals surface area contributed by atoms with Gasteiger partial charge in [-0.2, -0.15) is 0 Å². The Hall–Kier alpha value is -0.360. The molecule has 4 nitrogen and oxygen atoms in total. The van der Waals surface area contributed by atoms with Crippen molar-refractivity contribution >= 4 is 27.4 Å². The van der Waals surface area contributed by atoms with Gasteiger partial charge in [-0.15, -0.1) is 0 Å². The van der Waals surface area contributed by atoms with Crippen molar-refractivity contribution in [1.82, 2.24) is 10.0 Å². The second-order valence-electron chi connectivity index (χ2n) is 3.58. The van der Waals surface area contributed by atoms with Crippen LogP contribution in [-0.2, 0) is 10.0 Å². The molecule has 0 unspecified atom stereocenters. The smallest absolute Gasteiger partial charge is 0.231 e. The van der Waals surface area contributed by atoms with Crippen molar-refractivity contribution in [2.75, 3.05) is 6.26 Å². The van der Waals surface area contributed by atoms with E-state index >= 15 is 0 Å². The molecule has 6 heteroatoms. The lowest BCUT2D eigenvalue weighted by molar-refractivity contribution is 0.510. The third-order valence-corrected chi connectivity index (χ3v) is 1.67. The second kappa shape index (κ2) is 3.57. The van der Waals surface area contributed by atoms with E-state index in [2.05, 4.69) is 10.0 Å². The van der Waals surface area contributed by atoms with Crippen LogP contribution in [0.25, 0.3) is 0 Å². The van der Waals surface area contributed by atoms with Crippen LogP contribution in [0, 0.1) is 0 Å². The molecule has 0 aliphatic carbocycles. The minimum Gasteiger partial charge on any atom is -0.357 e. The molecule has 2 N–H and O–H groups in total. The minimum atomic E-state index is -3.25. The highest BCUT2D eigenvalue weighted by molar-refractivity contribution is 7.91. The summed E-state index contributed by atoms with van der Waals surface area (Å²) in [6.45, 7) is 5.68. The van der Waals surface area contributed by atoms with Gasteiger partial charge < -0.3 is 5.32 Å². The molecule has 0 saturated heterocycles. The highest BCUT2D eigenvalue weighted by atomic mass is 32.2. The van der Waals surface area contributed by atoms with Crippen LogP contribution >= 0.6 is 12.2 Å². The SMILES string of the molecule is CC(C)(C)NC(=S)NS(C)(=O)=O. The lowest BCUT2D eigenvalue weighted by Crippen LogP contribution is -2.47. The molecule has 0 radical (unpaired) electrons. The number of sulfonamides is 1. The maximum atomic E-state index is 10.7. The van der Waals surface area contributed by atoms with Gasteiger partial charge in [-0.3, -0.25) is 4.72 Å². The highest BCUT2D eigenvalue weighted by Gasteiger charge is 2.12. The number of thiocarbonyl (C=S) groups is 1. The molecule has 0 spiro atoms. The lowest BCUT2D eigenvalue weighted by Gasteiger charge is -2.22. The summed E-state index contributed by atoms with van der Waals surface area (Å²) in [4.78, 5) is 0. The largest absolute Gasteiger partial charge is 0.357 e. The summed E-state index contributed by atoms with van der Waals surface area (Å²) in [5.74, 6) is 0. The molecule has 0 fully saturated rings. The first-order chi connectivity index (χ1) is 5.10. The molecule has 0 aromatic heterocycles. The second-order valence-corrected chi connectivity index (χ2v) is 5.74. The van der Waals surface area contributed by atoms with Crippen molar-refractivity contribution in [3.63, 3.8) is 0 Å². The topological polar surface area (TPSA) is 58.2 Å². The summed E-state index contributed by atoms with van der Waals surface area (Å²) in [5, 5.41) is 2.95. The molecular weight excluding hydrogens is 196 g/mol. The maximum Gasteiger partial charge on any atom is 0.231 e. The first kappa shape index (κ1) is 11.6. The minimum absolute atomic E-state index is 0.130. The van der Waals surface area contributed by atoms with Crippen LogP contribution in [0.1, 0.15) is 20.8 Å². The Bertz CT molecular complexity index is 264. The van der Waals surface area contributed by atoms with Crippen LogP contribution in [-0.4, -0.2) is 25.3 Å². The molecule has 0 aromatic rings. The van der Waals surface area contributed by atoms with E-state index in [0.29, 0.717) is 0 Å². The average Bonchev–Trinajstić information content (AvgIpc) is 1.49. The Morgan fingerprint density at radius 3 is 2.00 bits per heavy atom. The van der Waals surface area contributed by atoms with Gasteiger partial charge in [0, 0.05) is 5.54 Å². The highest BCUT2D eigenvalue weighted by Crippen LogP contribution is 1.97. The molecule has 0 bridgehead atoms. The molecule has 0 heterocycles. The Labute approximate surface area is 78.8 Å². The molecule has 0 aliphatic rings. The number of nitrogens with one attached hydrogen (secondary N) is 2. The Kier molecular flexibility index (Phi) is 3.46. The van der Waals surface area contributed by atoms with Crippen molar-refractivity contribution in [2.45, 2.75) is 26.3 Å². The summed E-state index contributed by atoms with van der Waals surface area (Å²) >= 11 is 4.75. The van der Waals surface area contributed by atoms with E-state index in [9.17, 15) is 8.42 Å². The Morgan fingerprint density at radius 1 is 1.33 bits per heavy atom. The maximum absolute atomic E-state index is 10.7. The van der Waals surface area contributed by atoms with Crippen LogP contribution in [0.2, 0.25) is 0 Å². The van der Waals surface area contributed by atoms with E-state index in [1.165, 1.54) is 0 Å². The fourth-order valence-corrected chi connectivity index (χ4v) is 1.68. The molecule has 12 heavy (non-hydrogen) atoms. The van der Waals surface area contributed by atoms with Crippen LogP contribution in [0.5, 0.6) is 0 Å². The van der Waals surface area contributed by atoms with E-state index in [1.54, 1.807) is 0 Å². The van der Waals surface area contributed by atoms with Gasteiger partial charge in [-0.05, 0) is 33.0 Å². The molecule has 72 valence electrons. The fraction of sp³-hybridized carbons (Fsp3) is 0.833. The van der Waals surface area contributed by atoms with Gasteiger partial charge in [0.15, 0.2) is 5.11 Å². The van der Waals surface area contributed by atoms with E-state index in [-0.39, 0.29) is 10.7 Å². The Balaban J connectivity index is 4.10. The summed E-state index contributed by atoms with van der Waals surface area (Å²) in [7, 11) is -3.25. The number of hydrogen-bond donors (Lipinski definition) is 2. The van der Waals surface area contributed by atoms with E-state index < -0.39 is 10.0 Å². The van der Waals surface area contributed by atoms with Crippen molar-refractivity contribution in [3.05, 3.63) is 0 Å². The summed E-state index contributed by atoms with van der Waals surface area (Å²) in [5.41, 5.74) is -0.227. The zero-order valence-electron chi connectivity index (χ0n) is 7.63. The fourth-order valence-electron chi connectivity index (χ4n) is 0.534. The average molecular weight is 210 g/mol. The van der Waals surface area contributed by atoms with Gasteiger partial charge in [-0.1, -0.05) is 0 Å². The van der Waals surface area contributed by atoms with Gasteiger partial charge in [0.1, 0.15) is 0 Å². The van der Waals surface area contributed by atoms with Crippen molar-refractivity contribution in [3.8, 4) is 0 Å². The van der Waals surface area contributed by atoms with Gasteiger partial charge >= 0.3 is 0 Å². The molecular formula is C6H14N2O2S2. The van der Waals surface area contributed by atoms with Crippen LogP contribution in [0.15, 0.2) is 0 Å². The Morgan fingerprint density at radius 2 is 1.75 bits per heavy atom. The predicted octanol–water partition coefficient (Wildman–Crippen LogP) is 0.209. The van der Waals surface area contributed by atoms with E-state index in [1.807, 2.05) is 20.8 Å². The van der Waals surface area contributed by atoms with Crippen molar-refractivity contribution in [2.24, 2.45) is 0 Å².